The molecule has 5 heteroatoms. The first-order valence-electron chi connectivity index (χ1n) is 6.33. The van der Waals surface area contributed by atoms with Crippen LogP contribution >= 0.6 is 0 Å². The normalized spacial score (nSPS) is 22.4. The smallest absolute Gasteiger partial charge is 0.161 e. The second-order valence-electron chi connectivity index (χ2n) is 4.90. The molecule has 1 fully saturated rings. The van der Waals surface area contributed by atoms with Crippen LogP contribution in [0, 0.1) is 0 Å². The molecule has 0 aromatic heterocycles. The van der Waals surface area contributed by atoms with Gasteiger partial charge in [0, 0.05) is 43.6 Å². The zero-order chi connectivity index (χ0) is 13.9. The molecule has 1 aliphatic rings. The standard InChI is InChI=1S/C14H20N2O3/c1-10(17)12-7-11(3-4-13(12)15)16-8-14(18-2)5-6-19-9-14/h3-4,7,16H,5-6,8-9,15H2,1-2H3. The molecule has 1 unspecified atom stereocenters. The van der Waals surface area contributed by atoms with Crippen molar-refractivity contribution in [3.63, 3.8) is 0 Å². The average Bonchev–Trinajstić information content (AvgIpc) is 2.87. The number of Topliss-reactive ketones (excluding diaryl/α,β-unsaturated/α-hetero) is 1. The molecule has 1 atom stereocenters. The maximum absolute atomic E-state index is 11.4. The monoisotopic (exact) mass is 264 g/mol. The highest BCUT2D eigenvalue weighted by atomic mass is 16.5. The van der Waals surface area contributed by atoms with Gasteiger partial charge in [0.1, 0.15) is 5.60 Å². The van der Waals surface area contributed by atoms with Gasteiger partial charge >= 0.3 is 0 Å². The van der Waals surface area contributed by atoms with Gasteiger partial charge in [0.25, 0.3) is 0 Å². The molecule has 19 heavy (non-hydrogen) atoms. The summed E-state index contributed by atoms with van der Waals surface area (Å²) in [5.41, 5.74) is 7.40. The molecule has 1 heterocycles. The third-order valence-electron chi connectivity index (χ3n) is 3.55. The molecule has 0 spiro atoms. The number of hydrogen-bond acceptors (Lipinski definition) is 5. The topological polar surface area (TPSA) is 73.6 Å². The van der Waals surface area contributed by atoms with Gasteiger partial charge in [0.15, 0.2) is 5.78 Å². The summed E-state index contributed by atoms with van der Waals surface area (Å²) in [5, 5.41) is 3.29. The molecule has 0 bridgehead atoms. The molecule has 1 saturated heterocycles. The van der Waals surface area contributed by atoms with Crippen LogP contribution in [0.25, 0.3) is 0 Å². The number of methoxy groups -OCH3 is 1. The van der Waals surface area contributed by atoms with Crippen LogP contribution in [0.1, 0.15) is 23.7 Å². The Hall–Kier alpha value is -1.59. The van der Waals surface area contributed by atoms with Gasteiger partial charge in [-0.15, -0.1) is 0 Å². The Morgan fingerprint density at radius 3 is 2.95 bits per heavy atom. The zero-order valence-corrected chi connectivity index (χ0v) is 11.4. The van der Waals surface area contributed by atoms with E-state index in [0.717, 1.165) is 18.7 Å². The number of rotatable bonds is 5. The van der Waals surface area contributed by atoms with Gasteiger partial charge in [0.2, 0.25) is 0 Å². The highest BCUT2D eigenvalue weighted by Crippen LogP contribution is 2.24. The van der Waals surface area contributed by atoms with Crippen LogP contribution in [0.2, 0.25) is 0 Å². The molecule has 0 aliphatic carbocycles. The summed E-state index contributed by atoms with van der Waals surface area (Å²) in [6, 6.07) is 5.38. The molecule has 0 radical (unpaired) electrons. The van der Waals surface area contributed by atoms with Crippen LogP contribution in [0.5, 0.6) is 0 Å². The van der Waals surface area contributed by atoms with Crippen molar-refractivity contribution in [1.29, 1.82) is 0 Å². The van der Waals surface area contributed by atoms with E-state index in [-0.39, 0.29) is 11.4 Å². The van der Waals surface area contributed by atoms with Crippen LogP contribution in [0.15, 0.2) is 18.2 Å². The number of nitrogens with one attached hydrogen (secondary N) is 1. The van der Waals surface area contributed by atoms with E-state index < -0.39 is 0 Å². The van der Waals surface area contributed by atoms with E-state index in [1.807, 2.05) is 6.07 Å². The lowest BCUT2D eigenvalue weighted by atomic mass is 10.0. The van der Waals surface area contributed by atoms with Crippen molar-refractivity contribution in [3.05, 3.63) is 23.8 Å². The van der Waals surface area contributed by atoms with Gasteiger partial charge in [-0.25, -0.2) is 0 Å². The SMILES string of the molecule is COC1(CNc2ccc(N)c(C(C)=O)c2)CCOC1. The number of carbonyl (C=O) groups is 1. The Kier molecular flexibility index (Phi) is 4.07. The van der Waals surface area contributed by atoms with Crippen LogP contribution in [0.4, 0.5) is 11.4 Å². The number of hydrogen-bond donors (Lipinski definition) is 2. The Labute approximate surface area is 113 Å². The Morgan fingerprint density at radius 1 is 1.58 bits per heavy atom. The maximum atomic E-state index is 11.4. The molecule has 1 aromatic rings. The summed E-state index contributed by atoms with van der Waals surface area (Å²) in [4.78, 5) is 11.4. The predicted octanol–water partition coefficient (Wildman–Crippen LogP) is 1.69. The van der Waals surface area contributed by atoms with Crippen LogP contribution in [-0.4, -0.2) is 38.3 Å². The lowest BCUT2D eigenvalue weighted by molar-refractivity contribution is -0.00619. The summed E-state index contributed by atoms with van der Waals surface area (Å²) in [6.45, 7) is 3.46. The zero-order valence-electron chi connectivity index (χ0n) is 11.4. The Morgan fingerprint density at radius 2 is 2.37 bits per heavy atom. The van der Waals surface area contributed by atoms with Crippen molar-refractivity contribution < 1.29 is 14.3 Å². The van der Waals surface area contributed by atoms with Crippen molar-refractivity contribution in [2.45, 2.75) is 18.9 Å². The second-order valence-corrected chi connectivity index (χ2v) is 4.90. The Balaban J connectivity index is 2.07. The van der Waals surface area contributed by atoms with Gasteiger partial charge in [-0.05, 0) is 25.1 Å². The molecule has 0 amide bonds. The third-order valence-corrected chi connectivity index (χ3v) is 3.55. The largest absolute Gasteiger partial charge is 0.398 e. The van der Waals surface area contributed by atoms with Crippen LogP contribution < -0.4 is 11.1 Å². The first kappa shape index (κ1) is 13.8. The molecule has 5 nitrogen and oxygen atoms in total. The van der Waals surface area contributed by atoms with E-state index in [4.69, 9.17) is 15.2 Å². The molecule has 1 aliphatic heterocycles. The van der Waals surface area contributed by atoms with Crippen molar-refractivity contribution in [1.82, 2.24) is 0 Å². The number of anilines is 2. The van der Waals surface area contributed by atoms with Crippen molar-refractivity contribution in [3.8, 4) is 0 Å². The summed E-state index contributed by atoms with van der Waals surface area (Å²) >= 11 is 0. The van der Waals surface area contributed by atoms with E-state index in [9.17, 15) is 4.79 Å². The fourth-order valence-corrected chi connectivity index (χ4v) is 2.20. The third kappa shape index (κ3) is 3.05. The first-order valence-corrected chi connectivity index (χ1v) is 6.33. The van der Waals surface area contributed by atoms with E-state index in [1.54, 1.807) is 19.2 Å². The summed E-state index contributed by atoms with van der Waals surface area (Å²) in [6.07, 6.45) is 0.866. The number of benzene rings is 1. The summed E-state index contributed by atoms with van der Waals surface area (Å²) in [5.74, 6) is -0.0354. The first-order chi connectivity index (χ1) is 9.06. The minimum atomic E-state index is -0.280. The predicted molar refractivity (Wildman–Crippen MR) is 74.5 cm³/mol. The van der Waals surface area contributed by atoms with Crippen LogP contribution in [0.3, 0.4) is 0 Å². The van der Waals surface area contributed by atoms with Crippen molar-refractivity contribution >= 4 is 17.2 Å². The molecule has 2 rings (SSSR count). The van der Waals surface area contributed by atoms with Crippen molar-refractivity contribution in [2.24, 2.45) is 0 Å². The lowest BCUT2D eigenvalue weighted by Crippen LogP contribution is -2.39. The van der Waals surface area contributed by atoms with E-state index in [0.29, 0.717) is 24.4 Å². The number of carbonyl (C=O) groups excluding carboxylic acids is 1. The van der Waals surface area contributed by atoms with E-state index in [1.165, 1.54) is 6.92 Å². The minimum Gasteiger partial charge on any atom is -0.398 e. The highest BCUT2D eigenvalue weighted by molar-refractivity contribution is 6.00. The fraction of sp³-hybridized carbons (Fsp3) is 0.500. The number of nitrogen functional groups attached to an aromatic ring is 1. The van der Waals surface area contributed by atoms with Gasteiger partial charge < -0.3 is 20.5 Å². The Bertz CT molecular complexity index is 468. The summed E-state index contributed by atoms with van der Waals surface area (Å²) in [7, 11) is 1.69. The quantitative estimate of drug-likeness (QED) is 0.625. The molecule has 104 valence electrons. The number of ketones is 1. The minimum absolute atomic E-state index is 0.0354. The fourth-order valence-electron chi connectivity index (χ4n) is 2.20. The highest BCUT2D eigenvalue weighted by Gasteiger charge is 2.34. The second kappa shape index (κ2) is 5.59. The van der Waals surface area contributed by atoms with E-state index in [2.05, 4.69) is 5.32 Å². The average molecular weight is 264 g/mol. The van der Waals surface area contributed by atoms with Gasteiger partial charge in [-0.1, -0.05) is 0 Å². The molecule has 3 N–H and O–H groups in total. The lowest BCUT2D eigenvalue weighted by Gasteiger charge is -2.26. The molecular formula is C14H20N2O3. The number of ether oxygens (including phenoxy) is 2. The van der Waals surface area contributed by atoms with Crippen LogP contribution in [-0.2, 0) is 9.47 Å². The van der Waals surface area contributed by atoms with Crippen molar-refractivity contribution in [2.75, 3.05) is 37.9 Å². The maximum Gasteiger partial charge on any atom is 0.161 e. The van der Waals surface area contributed by atoms with Gasteiger partial charge in [-0.3, -0.25) is 4.79 Å². The molecular weight excluding hydrogens is 244 g/mol. The van der Waals surface area contributed by atoms with Gasteiger partial charge in [-0.2, -0.15) is 0 Å². The molecule has 1 aromatic carbocycles. The summed E-state index contributed by atoms with van der Waals surface area (Å²) < 4.78 is 10.9. The van der Waals surface area contributed by atoms with E-state index >= 15 is 0 Å². The number of nitrogens with two attached hydrogens (primary N) is 1. The van der Waals surface area contributed by atoms with Gasteiger partial charge in [0.05, 0.1) is 6.61 Å². The molecule has 0 saturated carbocycles.